The Balaban J connectivity index is 1.53. The Morgan fingerprint density at radius 3 is 2.72 bits per heavy atom. The summed E-state index contributed by atoms with van der Waals surface area (Å²) >= 11 is 6.05. The molecular weight excluding hydrogens is 426 g/mol. The maximum absolute atomic E-state index is 13.2. The molecule has 1 fully saturated rings. The smallest absolute Gasteiger partial charge is 0.225 e. The van der Waals surface area contributed by atoms with Crippen molar-refractivity contribution in [2.75, 3.05) is 51.9 Å². The summed E-state index contributed by atoms with van der Waals surface area (Å²) in [5.74, 6) is 0.894. The van der Waals surface area contributed by atoms with E-state index in [0.29, 0.717) is 13.2 Å². The van der Waals surface area contributed by atoms with E-state index in [1.54, 1.807) is 14.2 Å². The number of halogens is 1. The molecule has 32 heavy (non-hydrogen) atoms. The van der Waals surface area contributed by atoms with Crippen LogP contribution in [0.15, 0.2) is 42.5 Å². The molecule has 2 aromatic carbocycles. The van der Waals surface area contributed by atoms with Crippen molar-refractivity contribution in [3.63, 3.8) is 0 Å². The van der Waals surface area contributed by atoms with Crippen LogP contribution in [0.3, 0.4) is 0 Å². The highest BCUT2D eigenvalue weighted by Gasteiger charge is 2.41. The normalized spacial score (nSPS) is 20.4. The first-order valence-electron chi connectivity index (χ1n) is 11.3. The zero-order chi connectivity index (χ0) is 22.5. The highest BCUT2D eigenvalue weighted by atomic mass is 35.5. The van der Waals surface area contributed by atoms with Gasteiger partial charge in [0.25, 0.3) is 0 Å². The van der Waals surface area contributed by atoms with Crippen LogP contribution < -0.4 is 15.0 Å². The molecule has 2 aromatic rings. The summed E-state index contributed by atoms with van der Waals surface area (Å²) in [4.78, 5) is 18.1. The minimum Gasteiger partial charge on any atom is -0.497 e. The van der Waals surface area contributed by atoms with Gasteiger partial charge in [-0.2, -0.15) is 0 Å². The van der Waals surface area contributed by atoms with Crippen molar-refractivity contribution >= 4 is 23.2 Å². The van der Waals surface area contributed by atoms with Gasteiger partial charge < -0.3 is 19.7 Å². The van der Waals surface area contributed by atoms with Crippen molar-refractivity contribution in [2.45, 2.75) is 25.4 Å². The molecule has 2 aliphatic heterocycles. The van der Waals surface area contributed by atoms with Gasteiger partial charge in [-0.1, -0.05) is 29.8 Å². The van der Waals surface area contributed by atoms with E-state index in [9.17, 15) is 4.79 Å². The second-order valence-corrected chi connectivity index (χ2v) is 9.00. The molecule has 2 aliphatic rings. The van der Waals surface area contributed by atoms with E-state index in [2.05, 4.69) is 39.4 Å². The van der Waals surface area contributed by atoms with Crippen LogP contribution in [0.1, 0.15) is 17.5 Å². The number of nitrogens with one attached hydrogen (secondary N) is 1. The van der Waals surface area contributed by atoms with Crippen molar-refractivity contribution < 1.29 is 14.3 Å². The summed E-state index contributed by atoms with van der Waals surface area (Å²) in [6.45, 7) is 4.81. The summed E-state index contributed by atoms with van der Waals surface area (Å²) in [7, 11) is 3.38. The predicted molar refractivity (Wildman–Crippen MR) is 128 cm³/mol. The lowest BCUT2D eigenvalue weighted by Gasteiger charge is -2.49. The molecule has 1 amide bonds. The number of nitrogens with zero attached hydrogens (tertiary/aromatic N) is 2. The Morgan fingerprint density at radius 2 is 1.97 bits per heavy atom. The fraction of sp³-hybridized carbons (Fsp3) is 0.480. The number of hydrogen-bond acceptors (Lipinski definition) is 5. The first kappa shape index (κ1) is 22.9. The maximum Gasteiger partial charge on any atom is 0.225 e. The Kier molecular flexibility index (Phi) is 7.55. The van der Waals surface area contributed by atoms with Crippen molar-refractivity contribution in [3.05, 3.63) is 58.6 Å². The number of ether oxygens (including phenoxy) is 2. The number of rotatable bonds is 8. The maximum atomic E-state index is 13.2. The number of anilines is 1. The second-order valence-electron chi connectivity index (χ2n) is 8.56. The third-order valence-electron chi connectivity index (χ3n) is 6.49. The van der Waals surface area contributed by atoms with Crippen molar-refractivity contribution in [2.24, 2.45) is 5.92 Å². The number of carbonyl (C=O) groups excluding carboxylic acids is 1. The van der Waals surface area contributed by atoms with Gasteiger partial charge in [0.1, 0.15) is 5.75 Å². The molecule has 0 aromatic heterocycles. The van der Waals surface area contributed by atoms with Gasteiger partial charge in [0.05, 0.1) is 19.1 Å². The van der Waals surface area contributed by atoms with Gasteiger partial charge in [-0.05, 0) is 42.2 Å². The number of benzene rings is 2. The molecule has 0 unspecified atom stereocenters. The van der Waals surface area contributed by atoms with Crippen molar-refractivity contribution in [3.8, 4) is 5.75 Å². The van der Waals surface area contributed by atoms with E-state index in [4.69, 9.17) is 21.1 Å². The van der Waals surface area contributed by atoms with Crippen LogP contribution >= 0.6 is 11.6 Å². The zero-order valence-corrected chi connectivity index (χ0v) is 19.6. The molecule has 2 atom stereocenters. The van der Waals surface area contributed by atoms with Crippen LogP contribution in [0.5, 0.6) is 5.75 Å². The van der Waals surface area contributed by atoms with E-state index in [-0.39, 0.29) is 17.9 Å². The molecule has 0 saturated carbocycles. The van der Waals surface area contributed by atoms with Gasteiger partial charge in [-0.3, -0.25) is 9.69 Å². The Bertz CT molecular complexity index is 921. The number of carbonyl (C=O) groups is 1. The molecule has 7 heteroatoms. The number of fused-ring (bicyclic) bond motifs is 3. The monoisotopic (exact) mass is 457 g/mol. The fourth-order valence-corrected chi connectivity index (χ4v) is 4.94. The van der Waals surface area contributed by atoms with Crippen LogP contribution in [0.2, 0.25) is 5.02 Å². The Morgan fingerprint density at radius 1 is 1.16 bits per heavy atom. The molecule has 2 heterocycles. The van der Waals surface area contributed by atoms with Gasteiger partial charge in [0.2, 0.25) is 5.91 Å². The summed E-state index contributed by atoms with van der Waals surface area (Å²) in [6.07, 6.45) is 1.56. The predicted octanol–water partition coefficient (Wildman–Crippen LogP) is 3.36. The highest BCUT2D eigenvalue weighted by Crippen LogP contribution is 2.38. The summed E-state index contributed by atoms with van der Waals surface area (Å²) < 4.78 is 10.6. The van der Waals surface area contributed by atoms with Gasteiger partial charge in [0.15, 0.2) is 0 Å². The average molecular weight is 458 g/mol. The van der Waals surface area contributed by atoms with E-state index in [1.807, 2.05) is 18.2 Å². The standard InChI is InChI=1S/C25H32ClN3O3/c1-31-13-3-10-27-25(30)22-14-19-6-9-21(32-2)15-23(19)29-12-11-28(17-24(22)29)16-18-4-7-20(26)8-5-18/h4-9,15,22,24H,3,10-14,16-17H2,1-2H3,(H,27,30)/t22-,24+/m1/s1. The van der Waals surface area contributed by atoms with E-state index < -0.39 is 0 Å². The lowest BCUT2D eigenvalue weighted by atomic mass is 9.83. The first-order valence-corrected chi connectivity index (χ1v) is 11.6. The van der Waals surface area contributed by atoms with Crippen molar-refractivity contribution in [1.29, 1.82) is 0 Å². The molecule has 0 radical (unpaired) electrons. The zero-order valence-electron chi connectivity index (χ0n) is 18.9. The number of piperazine rings is 1. The van der Waals surface area contributed by atoms with Gasteiger partial charge in [-0.25, -0.2) is 0 Å². The molecule has 6 nitrogen and oxygen atoms in total. The van der Waals surface area contributed by atoms with Crippen LogP contribution in [0, 0.1) is 5.92 Å². The molecule has 1 saturated heterocycles. The number of methoxy groups -OCH3 is 2. The Hall–Kier alpha value is -2.28. The summed E-state index contributed by atoms with van der Waals surface area (Å²) in [5, 5.41) is 3.89. The third-order valence-corrected chi connectivity index (χ3v) is 6.74. The second kappa shape index (κ2) is 10.6. The number of hydrogen-bond donors (Lipinski definition) is 1. The first-order chi connectivity index (χ1) is 15.6. The molecule has 1 N–H and O–H groups in total. The molecular formula is C25H32ClN3O3. The SMILES string of the molecule is COCCCNC(=O)[C@@H]1Cc2ccc(OC)cc2N2CCN(Cc3ccc(Cl)cc3)C[C@@H]12. The third kappa shape index (κ3) is 5.20. The van der Waals surface area contributed by atoms with Crippen LogP contribution in [0.25, 0.3) is 0 Å². The molecule has 4 rings (SSSR count). The summed E-state index contributed by atoms with van der Waals surface area (Å²) in [5.41, 5.74) is 3.65. The minimum absolute atomic E-state index is 0.0912. The largest absolute Gasteiger partial charge is 0.497 e. The van der Waals surface area contributed by atoms with Crippen LogP contribution in [-0.4, -0.2) is 63.9 Å². The fourth-order valence-electron chi connectivity index (χ4n) is 4.81. The molecule has 172 valence electrons. The highest BCUT2D eigenvalue weighted by molar-refractivity contribution is 6.30. The van der Waals surface area contributed by atoms with Crippen LogP contribution in [0.4, 0.5) is 5.69 Å². The average Bonchev–Trinajstić information content (AvgIpc) is 2.82. The van der Waals surface area contributed by atoms with E-state index in [0.717, 1.165) is 49.8 Å². The van der Waals surface area contributed by atoms with Crippen LogP contribution in [-0.2, 0) is 22.5 Å². The quantitative estimate of drug-likeness (QED) is 0.616. The van der Waals surface area contributed by atoms with E-state index in [1.165, 1.54) is 16.8 Å². The number of amides is 1. The lowest BCUT2D eigenvalue weighted by Crippen LogP contribution is -2.60. The minimum atomic E-state index is -0.0912. The lowest BCUT2D eigenvalue weighted by molar-refractivity contribution is -0.126. The van der Waals surface area contributed by atoms with Gasteiger partial charge in [-0.15, -0.1) is 0 Å². The summed E-state index contributed by atoms with van der Waals surface area (Å²) in [6, 6.07) is 14.4. The topological polar surface area (TPSA) is 54.0 Å². The Labute approximate surface area is 195 Å². The van der Waals surface area contributed by atoms with Crippen molar-refractivity contribution in [1.82, 2.24) is 10.2 Å². The van der Waals surface area contributed by atoms with Gasteiger partial charge >= 0.3 is 0 Å². The molecule has 0 spiro atoms. The molecule has 0 aliphatic carbocycles. The van der Waals surface area contributed by atoms with E-state index >= 15 is 0 Å². The van der Waals surface area contributed by atoms with Gasteiger partial charge in [0, 0.05) is 63.2 Å². The molecule has 0 bridgehead atoms.